The monoisotopic (exact) mass is 750 g/mol. The number of amides is 5. The summed E-state index contributed by atoms with van der Waals surface area (Å²) >= 11 is 6.15. The zero-order valence-electron chi connectivity index (χ0n) is 29.4. The largest absolute Gasteiger partial charge is 0.368 e. The fourth-order valence-electron chi connectivity index (χ4n) is 7.08. The van der Waals surface area contributed by atoms with Crippen molar-refractivity contribution in [2.75, 3.05) is 0 Å². The van der Waals surface area contributed by atoms with E-state index in [-0.39, 0.29) is 50.4 Å². The molecule has 0 saturated carbocycles. The molecule has 5 amide bonds. The highest BCUT2D eigenvalue weighted by Crippen LogP contribution is 2.27. The predicted octanol–water partition coefficient (Wildman–Crippen LogP) is 3.42. The van der Waals surface area contributed by atoms with E-state index in [1.54, 1.807) is 24.3 Å². The lowest BCUT2D eigenvalue weighted by molar-refractivity contribution is -0.384. The second-order valence-corrected chi connectivity index (χ2v) is 14.0. The number of carbonyl (C=O) groups excluding carboxylic acids is 5. The molecule has 4 atom stereocenters. The molecule has 0 spiro atoms. The Morgan fingerprint density at radius 3 is 1.67 bits per heavy atom. The lowest BCUT2D eigenvalue weighted by Crippen LogP contribution is -2.61. The molecule has 0 aliphatic carbocycles. The first-order chi connectivity index (χ1) is 25.9. The molecule has 4 aromatic rings. The topological polar surface area (TPSA) is 185 Å². The van der Waals surface area contributed by atoms with Crippen molar-refractivity contribution >= 4 is 46.8 Å². The quantitative estimate of drug-likeness (QED) is 0.155. The molecule has 0 radical (unpaired) electrons. The molecule has 0 aromatic heterocycles. The molecule has 2 aliphatic rings. The standard InChI is InChI=1S/C40H39ClN6O7/c1-24(48)45-22-29-8-4-2-6-27(29)20-35(45)38(50)44-34(19-25-10-14-31(41)15-11-25)40(52)46-23-30-9-5-3-7-28(30)21-36(46)39(51)43-33(37(42)49)18-26-12-16-32(17-13-26)47(53)54/h2-17,33-36H,18-23H2,1H3,(H2,42,49)(H,43,51)(H,44,50)/t33-,34-,35?,36?/m1/s1. The summed E-state index contributed by atoms with van der Waals surface area (Å²) in [6.45, 7) is 1.69. The van der Waals surface area contributed by atoms with Crippen molar-refractivity contribution in [1.82, 2.24) is 20.4 Å². The molecule has 0 fully saturated rings. The van der Waals surface area contributed by atoms with Crippen molar-refractivity contribution in [3.8, 4) is 0 Å². The Morgan fingerprint density at radius 1 is 0.722 bits per heavy atom. The van der Waals surface area contributed by atoms with Crippen molar-refractivity contribution in [3.63, 3.8) is 0 Å². The number of non-ortho nitro benzene ring substituents is 1. The minimum atomic E-state index is -1.19. The van der Waals surface area contributed by atoms with E-state index in [0.717, 1.165) is 22.3 Å². The number of nitrogens with one attached hydrogen (secondary N) is 2. The van der Waals surface area contributed by atoms with Crippen LogP contribution in [0.1, 0.15) is 40.3 Å². The summed E-state index contributed by atoms with van der Waals surface area (Å²) in [6, 6.07) is 23.1. The first kappa shape index (κ1) is 37.7. The van der Waals surface area contributed by atoms with Gasteiger partial charge in [-0.25, -0.2) is 0 Å². The fourth-order valence-corrected chi connectivity index (χ4v) is 7.21. The molecule has 2 aliphatic heterocycles. The van der Waals surface area contributed by atoms with Gasteiger partial charge >= 0.3 is 0 Å². The highest BCUT2D eigenvalue weighted by atomic mass is 35.5. The summed E-state index contributed by atoms with van der Waals surface area (Å²) in [6.07, 6.45) is 0.398. The number of nitrogens with two attached hydrogens (primary N) is 1. The smallest absolute Gasteiger partial charge is 0.269 e. The number of carbonyl (C=O) groups is 5. The minimum Gasteiger partial charge on any atom is -0.368 e. The van der Waals surface area contributed by atoms with Crippen LogP contribution in [0.25, 0.3) is 0 Å². The number of nitro benzene ring substituents is 1. The zero-order chi connectivity index (χ0) is 38.5. The van der Waals surface area contributed by atoms with Crippen molar-refractivity contribution in [1.29, 1.82) is 0 Å². The molecule has 0 bridgehead atoms. The third kappa shape index (κ3) is 8.58. The summed E-state index contributed by atoms with van der Waals surface area (Å²) in [5.41, 5.74) is 10.3. The van der Waals surface area contributed by atoms with Gasteiger partial charge in [0.2, 0.25) is 29.5 Å². The van der Waals surface area contributed by atoms with Crippen LogP contribution >= 0.6 is 11.6 Å². The van der Waals surface area contributed by atoms with Crippen LogP contribution in [0.5, 0.6) is 0 Å². The molecule has 0 saturated heterocycles. The Hall–Kier alpha value is -6.08. The van der Waals surface area contributed by atoms with Crippen LogP contribution in [0.3, 0.4) is 0 Å². The highest BCUT2D eigenvalue weighted by molar-refractivity contribution is 6.30. The van der Waals surface area contributed by atoms with E-state index < -0.39 is 52.7 Å². The normalized spacial score (nSPS) is 17.3. The van der Waals surface area contributed by atoms with Crippen LogP contribution in [-0.2, 0) is 62.7 Å². The maximum Gasteiger partial charge on any atom is 0.269 e. The number of hydrogen-bond donors (Lipinski definition) is 3. The van der Waals surface area contributed by atoms with Crippen molar-refractivity contribution in [3.05, 3.63) is 146 Å². The third-order valence-corrected chi connectivity index (χ3v) is 10.3. The van der Waals surface area contributed by atoms with Gasteiger partial charge in [0.25, 0.3) is 5.69 Å². The van der Waals surface area contributed by atoms with E-state index >= 15 is 0 Å². The molecule has 4 N–H and O–H groups in total. The lowest BCUT2D eigenvalue weighted by atomic mass is 9.91. The van der Waals surface area contributed by atoms with Gasteiger partial charge in [-0.1, -0.05) is 84.4 Å². The summed E-state index contributed by atoms with van der Waals surface area (Å²) in [5, 5.41) is 17.3. The number of nitrogens with zero attached hydrogens (tertiary/aromatic N) is 3. The summed E-state index contributed by atoms with van der Waals surface area (Å²) < 4.78 is 0. The van der Waals surface area contributed by atoms with Crippen LogP contribution in [0, 0.1) is 10.1 Å². The second-order valence-electron chi connectivity index (χ2n) is 13.6. The molecule has 6 rings (SSSR count). The van der Waals surface area contributed by atoms with Gasteiger partial charge in [0.15, 0.2) is 0 Å². The van der Waals surface area contributed by atoms with E-state index in [9.17, 15) is 34.1 Å². The van der Waals surface area contributed by atoms with Gasteiger partial charge in [0, 0.05) is 62.9 Å². The minimum absolute atomic E-state index is 0.0390. The van der Waals surface area contributed by atoms with E-state index in [4.69, 9.17) is 17.3 Å². The Balaban J connectivity index is 1.29. The number of benzene rings is 4. The number of rotatable bonds is 11. The number of halogens is 1. The number of nitro groups is 1. The molecule has 14 heteroatoms. The summed E-state index contributed by atoms with van der Waals surface area (Å²) in [7, 11) is 0. The Kier molecular flexibility index (Phi) is 11.4. The van der Waals surface area contributed by atoms with Crippen LogP contribution in [0.2, 0.25) is 5.02 Å². The van der Waals surface area contributed by atoms with E-state index in [2.05, 4.69) is 10.6 Å². The van der Waals surface area contributed by atoms with Crippen molar-refractivity contribution in [2.24, 2.45) is 5.73 Å². The van der Waals surface area contributed by atoms with Gasteiger partial charge in [0.05, 0.1) is 4.92 Å². The summed E-state index contributed by atoms with van der Waals surface area (Å²) in [4.78, 5) is 82.0. The van der Waals surface area contributed by atoms with E-state index in [1.165, 1.54) is 41.0 Å². The van der Waals surface area contributed by atoms with Gasteiger partial charge in [-0.3, -0.25) is 34.1 Å². The SMILES string of the molecule is CC(=O)N1Cc2ccccc2CC1C(=O)N[C@H](Cc1ccc(Cl)cc1)C(=O)N1Cc2ccccc2CC1C(=O)N[C@H](Cc1ccc([N+](=O)[O-])cc1)C(N)=O. The highest BCUT2D eigenvalue weighted by Gasteiger charge is 2.41. The Morgan fingerprint density at radius 2 is 1.17 bits per heavy atom. The van der Waals surface area contributed by atoms with Crippen molar-refractivity contribution < 1.29 is 28.9 Å². The predicted molar refractivity (Wildman–Crippen MR) is 200 cm³/mol. The van der Waals surface area contributed by atoms with Gasteiger partial charge in [-0.05, 0) is 45.5 Å². The lowest BCUT2D eigenvalue weighted by Gasteiger charge is -2.39. The van der Waals surface area contributed by atoms with Crippen LogP contribution in [-0.4, -0.2) is 68.4 Å². The van der Waals surface area contributed by atoms with Crippen molar-refractivity contribution in [2.45, 2.75) is 69.9 Å². The maximum absolute atomic E-state index is 14.8. The fraction of sp³-hybridized carbons (Fsp3) is 0.275. The maximum atomic E-state index is 14.8. The van der Waals surface area contributed by atoms with Gasteiger partial charge in [-0.15, -0.1) is 0 Å². The van der Waals surface area contributed by atoms with Gasteiger partial charge in [-0.2, -0.15) is 0 Å². The average Bonchev–Trinajstić information content (AvgIpc) is 3.16. The average molecular weight is 751 g/mol. The number of primary amides is 1. The Labute approximate surface area is 316 Å². The molecule has 4 aromatic carbocycles. The first-order valence-corrected chi connectivity index (χ1v) is 17.8. The second kappa shape index (κ2) is 16.3. The van der Waals surface area contributed by atoms with E-state index in [0.29, 0.717) is 16.1 Å². The molecular weight excluding hydrogens is 712 g/mol. The molecular formula is C40H39ClN6O7. The first-order valence-electron chi connectivity index (χ1n) is 17.5. The van der Waals surface area contributed by atoms with Crippen LogP contribution in [0.15, 0.2) is 97.1 Å². The molecule has 2 unspecified atom stereocenters. The van der Waals surface area contributed by atoms with Gasteiger partial charge in [0.1, 0.15) is 24.2 Å². The molecule has 278 valence electrons. The third-order valence-electron chi connectivity index (χ3n) is 10.0. The zero-order valence-corrected chi connectivity index (χ0v) is 30.2. The van der Waals surface area contributed by atoms with E-state index in [1.807, 2.05) is 48.5 Å². The number of fused-ring (bicyclic) bond motifs is 2. The Bertz CT molecular complexity index is 2090. The molecule has 13 nitrogen and oxygen atoms in total. The molecule has 2 heterocycles. The van der Waals surface area contributed by atoms with Crippen LogP contribution in [0.4, 0.5) is 5.69 Å². The molecule has 54 heavy (non-hydrogen) atoms. The number of hydrogen-bond acceptors (Lipinski definition) is 7. The van der Waals surface area contributed by atoms with Gasteiger partial charge < -0.3 is 26.2 Å². The summed E-state index contributed by atoms with van der Waals surface area (Å²) in [5.74, 6) is -2.79. The van der Waals surface area contributed by atoms with Crippen LogP contribution < -0.4 is 16.4 Å².